The number of alkyl halides is 3. The zero-order valence-corrected chi connectivity index (χ0v) is 12.6. The SMILES string of the molecule is C=C1N=C(C)C=C(Nc2ccc(C(F)(F)F)cc2)N1/N=C(/C)N. The predicted octanol–water partition coefficient (Wildman–Crippen LogP) is 3.50. The van der Waals surface area contributed by atoms with Gasteiger partial charge in [0.15, 0.2) is 0 Å². The molecule has 0 aliphatic carbocycles. The minimum absolute atomic E-state index is 0.293. The van der Waals surface area contributed by atoms with Crippen molar-refractivity contribution in [2.45, 2.75) is 20.0 Å². The topological polar surface area (TPSA) is 66.0 Å². The summed E-state index contributed by atoms with van der Waals surface area (Å²) in [5.74, 6) is 1.14. The van der Waals surface area contributed by atoms with Gasteiger partial charge in [0.2, 0.25) is 0 Å². The maximum Gasteiger partial charge on any atom is 0.416 e. The lowest BCUT2D eigenvalue weighted by atomic mass is 10.2. The summed E-state index contributed by atoms with van der Waals surface area (Å²) in [4.78, 5) is 4.18. The number of allylic oxidation sites excluding steroid dienone is 1. The number of benzene rings is 1. The first kappa shape index (κ1) is 16.6. The molecule has 1 aliphatic heterocycles. The Labute approximate surface area is 131 Å². The van der Waals surface area contributed by atoms with Crippen LogP contribution in [-0.4, -0.2) is 16.6 Å². The predicted molar refractivity (Wildman–Crippen MR) is 84.5 cm³/mol. The lowest BCUT2D eigenvalue weighted by molar-refractivity contribution is -0.137. The average Bonchev–Trinajstić information content (AvgIpc) is 2.42. The molecule has 0 radical (unpaired) electrons. The van der Waals surface area contributed by atoms with Crippen molar-refractivity contribution in [3.05, 3.63) is 54.1 Å². The van der Waals surface area contributed by atoms with Crippen LogP contribution in [0.25, 0.3) is 0 Å². The average molecular weight is 323 g/mol. The van der Waals surface area contributed by atoms with Crippen LogP contribution in [0.3, 0.4) is 0 Å². The zero-order chi connectivity index (χ0) is 17.2. The van der Waals surface area contributed by atoms with Crippen molar-refractivity contribution < 1.29 is 13.2 Å². The summed E-state index contributed by atoms with van der Waals surface area (Å²) in [7, 11) is 0. The molecule has 2 rings (SSSR count). The highest BCUT2D eigenvalue weighted by atomic mass is 19.4. The van der Waals surface area contributed by atoms with Crippen molar-refractivity contribution in [1.82, 2.24) is 5.01 Å². The number of nitrogens with two attached hydrogens (primary N) is 1. The molecule has 3 N–H and O–H groups in total. The highest BCUT2D eigenvalue weighted by Gasteiger charge is 2.30. The molecule has 0 fully saturated rings. The first-order chi connectivity index (χ1) is 10.7. The quantitative estimate of drug-likeness (QED) is 0.661. The minimum atomic E-state index is -4.37. The van der Waals surface area contributed by atoms with Crippen LogP contribution in [0.5, 0.6) is 0 Å². The highest BCUT2D eigenvalue weighted by Crippen LogP contribution is 2.30. The Morgan fingerprint density at radius 3 is 2.43 bits per heavy atom. The second-order valence-electron chi connectivity index (χ2n) is 4.95. The maximum atomic E-state index is 12.6. The molecule has 122 valence electrons. The van der Waals surface area contributed by atoms with Gasteiger partial charge >= 0.3 is 6.18 Å². The number of nitrogens with zero attached hydrogens (tertiary/aromatic N) is 3. The second kappa shape index (κ2) is 6.15. The Morgan fingerprint density at radius 2 is 1.91 bits per heavy atom. The number of hydrogen-bond donors (Lipinski definition) is 2. The third-order valence-electron chi connectivity index (χ3n) is 2.87. The van der Waals surface area contributed by atoms with Crippen LogP contribution < -0.4 is 11.1 Å². The molecule has 1 heterocycles. The Balaban J connectivity index is 2.27. The fourth-order valence-electron chi connectivity index (χ4n) is 1.93. The van der Waals surface area contributed by atoms with Gasteiger partial charge in [-0.25, -0.2) is 4.99 Å². The summed E-state index contributed by atoms with van der Waals surface area (Å²) in [6.45, 7) is 7.16. The lowest BCUT2D eigenvalue weighted by Crippen LogP contribution is -2.27. The van der Waals surface area contributed by atoms with Gasteiger partial charge in [0.1, 0.15) is 17.5 Å². The van der Waals surface area contributed by atoms with Crippen LogP contribution in [-0.2, 0) is 6.18 Å². The van der Waals surface area contributed by atoms with Crippen molar-refractivity contribution in [3.8, 4) is 0 Å². The summed E-state index contributed by atoms with van der Waals surface area (Å²) < 4.78 is 37.8. The number of hydrogen-bond acceptors (Lipinski definition) is 4. The fraction of sp³-hybridized carbons (Fsp3) is 0.200. The molecule has 5 nitrogen and oxygen atoms in total. The van der Waals surface area contributed by atoms with E-state index in [1.165, 1.54) is 17.1 Å². The Morgan fingerprint density at radius 1 is 1.30 bits per heavy atom. The third kappa shape index (κ3) is 4.12. The Bertz CT molecular complexity index is 695. The fourth-order valence-corrected chi connectivity index (χ4v) is 1.93. The Hall–Kier alpha value is -2.77. The smallest absolute Gasteiger partial charge is 0.386 e. The van der Waals surface area contributed by atoms with Crippen LogP contribution in [0.2, 0.25) is 0 Å². The van der Waals surface area contributed by atoms with Gasteiger partial charge < -0.3 is 11.1 Å². The van der Waals surface area contributed by atoms with E-state index in [1.807, 2.05) is 0 Å². The third-order valence-corrected chi connectivity index (χ3v) is 2.87. The number of anilines is 1. The molecule has 1 aliphatic rings. The molecule has 1 aromatic rings. The van der Waals surface area contributed by atoms with Crippen molar-refractivity contribution >= 4 is 17.2 Å². The van der Waals surface area contributed by atoms with Gasteiger partial charge in [-0.3, -0.25) is 0 Å². The summed E-state index contributed by atoms with van der Waals surface area (Å²) in [5, 5.41) is 8.48. The van der Waals surface area contributed by atoms with Crippen LogP contribution in [0.1, 0.15) is 19.4 Å². The van der Waals surface area contributed by atoms with Crippen LogP contribution >= 0.6 is 0 Å². The summed E-state index contributed by atoms with van der Waals surface area (Å²) in [5.41, 5.74) is 6.03. The molecule has 0 spiro atoms. The zero-order valence-electron chi connectivity index (χ0n) is 12.6. The molecule has 0 saturated heterocycles. The van der Waals surface area contributed by atoms with Gasteiger partial charge in [0, 0.05) is 17.5 Å². The van der Waals surface area contributed by atoms with E-state index in [4.69, 9.17) is 5.73 Å². The number of halogens is 3. The molecular weight excluding hydrogens is 307 g/mol. The van der Waals surface area contributed by atoms with Crippen LogP contribution in [0.4, 0.5) is 18.9 Å². The first-order valence-corrected chi connectivity index (χ1v) is 6.68. The largest absolute Gasteiger partial charge is 0.416 e. The number of amidine groups is 1. The first-order valence-electron chi connectivity index (χ1n) is 6.68. The number of hydrazone groups is 1. The van der Waals surface area contributed by atoms with E-state index in [-0.39, 0.29) is 0 Å². The number of aliphatic imine (C=N–C) groups is 1. The van der Waals surface area contributed by atoms with E-state index in [9.17, 15) is 13.2 Å². The summed E-state index contributed by atoms with van der Waals surface area (Å²) >= 11 is 0. The molecule has 1 aromatic carbocycles. The van der Waals surface area contributed by atoms with E-state index in [0.29, 0.717) is 28.9 Å². The molecule has 0 atom stereocenters. The van der Waals surface area contributed by atoms with E-state index >= 15 is 0 Å². The summed E-state index contributed by atoms with van der Waals surface area (Å²) in [6, 6.07) is 4.68. The molecule has 0 aromatic heterocycles. The van der Waals surface area contributed by atoms with Crippen molar-refractivity contribution in [1.29, 1.82) is 0 Å². The van der Waals surface area contributed by atoms with Crippen LogP contribution in [0.15, 0.2) is 58.7 Å². The molecule has 0 unspecified atom stereocenters. The minimum Gasteiger partial charge on any atom is -0.386 e. The van der Waals surface area contributed by atoms with Gasteiger partial charge in [0.05, 0.1) is 5.56 Å². The Kier molecular flexibility index (Phi) is 4.44. The molecular formula is C15H16F3N5. The maximum absolute atomic E-state index is 12.6. The molecule has 0 saturated carbocycles. The van der Waals surface area contributed by atoms with Gasteiger partial charge in [-0.1, -0.05) is 6.58 Å². The van der Waals surface area contributed by atoms with Crippen molar-refractivity contribution in [2.24, 2.45) is 15.8 Å². The molecule has 23 heavy (non-hydrogen) atoms. The van der Waals surface area contributed by atoms with Gasteiger partial charge in [-0.2, -0.15) is 23.3 Å². The van der Waals surface area contributed by atoms with E-state index in [1.54, 1.807) is 19.9 Å². The van der Waals surface area contributed by atoms with Gasteiger partial charge in [-0.15, -0.1) is 0 Å². The van der Waals surface area contributed by atoms with Crippen molar-refractivity contribution in [2.75, 3.05) is 5.32 Å². The second-order valence-corrected chi connectivity index (χ2v) is 4.95. The van der Waals surface area contributed by atoms with E-state index in [2.05, 4.69) is 22.0 Å². The highest BCUT2D eigenvalue weighted by molar-refractivity contribution is 5.95. The van der Waals surface area contributed by atoms with E-state index in [0.717, 1.165) is 12.1 Å². The normalized spacial score (nSPS) is 16.1. The molecule has 0 bridgehead atoms. The molecule has 8 heteroatoms. The van der Waals surface area contributed by atoms with Crippen molar-refractivity contribution in [3.63, 3.8) is 0 Å². The lowest BCUT2D eigenvalue weighted by Gasteiger charge is -2.26. The monoisotopic (exact) mass is 323 g/mol. The molecule has 0 amide bonds. The van der Waals surface area contributed by atoms with Crippen LogP contribution in [0, 0.1) is 0 Å². The van der Waals surface area contributed by atoms with Gasteiger partial charge in [0.25, 0.3) is 0 Å². The number of nitrogens with one attached hydrogen (secondary N) is 1. The summed E-state index contributed by atoms with van der Waals surface area (Å²) in [6.07, 6.45) is -2.67. The van der Waals surface area contributed by atoms with Gasteiger partial charge in [-0.05, 0) is 38.1 Å². The van der Waals surface area contributed by atoms with E-state index < -0.39 is 11.7 Å². The standard InChI is InChI=1S/C15H16F3N5/c1-9-8-14(23(11(3)20-9)22-10(2)19)21-13-6-4-12(5-7-13)15(16,17)18/h4-8,21H,3H2,1-2H3,(H2,19,22). The number of rotatable bonds is 3.